The van der Waals surface area contributed by atoms with Gasteiger partial charge in [0.2, 0.25) is 0 Å². The standard InChI is InChI=1S/C15H20ClNO/c16-10-13-4-7-17(11-13)6-3-12-1-2-15-14(9-12)5-8-18-15/h1-2,9,13H,3-8,10-11H2. The Morgan fingerprint density at radius 2 is 2.33 bits per heavy atom. The molecule has 0 bridgehead atoms. The summed E-state index contributed by atoms with van der Waals surface area (Å²) in [4.78, 5) is 2.54. The number of halogens is 1. The van der Waals surface area contributed by atoms with Crippen molar-refractivity contribution in [1.29, 1.82) is 0 Å². The van der Waals surface area contributed by atoms with Crippen molar-refractivity contribution in [2.75, 3.05) is 32.1 Å². The molecule has 2 heterocycles. The van der Waals surface area contributed by atoms with Crippen molar-refractivity contribution in [2.24, 2.45) is 5.92 Å². The van der Waals surface area contributed by atoms with Crippen LogP contribution in [0.4, 0.5) is 0 Å². The second-order valence-electron chi connectivity index (χ2n) is 5.40. The molecule has 1 fully saturated rings. The van der Waals surface area contributed by atoms with E-state index in [0.29, 0.717) is 5.92 Å². The lowest BCUT2D eigenvalue weighted by atomic mass is 10.1. The molecule has 0 radical (unpaired) electrons. The van der Waals surface area contributed by atoms with Crippen molar-refractivity contribution in [3.63, 3.8) is 0 Å². The van der Waals surface area contributed by atoms with Crippen LogP contribution in [0.25, 0.3) is 0 Å². The molecule has 3 heteroatoms. The van der Waals surface area contributed by atoms with Crippen LogP contribution in [0.3, 0.4) is 0 Å². The largest absolute Gasteiger partial charge is 0.493 e. The van der Waals surface area contributed by atoms with Gasteiger partial charge in [0.05, 0.1) is 6.61 Å². The van der Waals surface area contributed by atoms with Crippen molar-refractivity contribution in [1.82, 2.24) is 4.90 Å². The molecule has 18 heavy (non-hydrogen) atoms. The second kappa shape index (κ2) is 5.50. The molecule has 2 nitrogen and oxygen atoms in total. The first-order valence-corrected chi connectivity index (χ1v) is 7.41. The molecular weight excluding hydrogens is 246 g/mol. The summed E-state index contributed by atoms with van der Waals surface area (Å²) < 4.78 is 5.53. The Hall–Kier alpha value is -0.730. The summed E-state index contributed by atoms with van der Waals surface area (Å²) in [5.74, 6) is 2.61. The highest BCUT2D eigenvalue weighted by Gasteiger charge is 2.21. The van der Waals surface area contributed by atoms with E-state index in [1.165, 1.54) is 30.6 Å². The van der Waals surface area contributed by atoms with Gasteiger partial charge in [-0.05, 0) is 42.5 Å². The maximum Gasteiger partial charge on any atom is 0.122 e. The third kappa shape index (κ3) is 2.65. The zero-order valence-corrected chi connectivity index (χ0v) is 11.5. The summed E-state index contributed by atoms with van der Waals surface area (Å²) in [5.41, 5.74) is 2.82. The number of hydrogen-bond donors (Lipinski definition) is 0. The maximum absolute atomic E-state index is 5.91. The molecule has 0 spiro atoms. The van der Waals surface area contributed by atoms with E-state index in [2.05, 4.69) is 23.1 Å². The van der Waals surface area contributed by atoms with Crippen LogP contribution >= 0.6 is 11.6 Å². The van der Waals surface area contributed by atoms with Crippen molar-refractivity contribution in [3.8, 4) is 5.75 Å². The fraction of sp³-hybridized carbons (Fsp3) is 0.600. The third-order valence-corrected chi connectivity index (χ3v) is 4.50. The van der Waals surface area contributed by atoms with Gasteiger partial charge in [0.15, 0.2) is 0 Å². The van der Waals surface area contributed by atoms with E-state index >= 15 is 0 Å². The van der Waals surface area contributed by atoms with Crippen LogP contribution in [0, 0.1) is 5.92 Å². The Morgan fingerprint density at radius 1 is 1.39 bits per heavy atom. The van der Waals surface area contributed by atoms with Gasteiger partial charge >= 0.3 is 0 Å². The molecular formula is C15H20ClNO. The number of nitrogens with zero attached hydrogens (tertiary/aromatic N) is 1. The molecule has 98 valence electrons. The molecule has 1 aromatic rings. The molecule has 1 atom stereocenters. The predicted octanol–water partition coefficient (Wildman–Crippen LogP) is 2.72. The Labute approximate surface area is 114 Å². The Morgan fingerprint density at radius 3 is 3.17 bits per heavy atom. The van der Waals surface area contributed by atoms with Gasteiger partial charge < -0.3 is 9.64 Å². The summed E-state index contributed by atoms with van der Waals surface area (Å²) >= 11 is 5.91. The van der Waals surface area contributed by atoms with Crippen LogP contribution in [0.15, 0.2) is 18.2 Å². The van der Waals surface area contributed by atoms with E-state index in [4.69, 9.17) is 16.3 Å². The number of likely N-dealkylation sites (tertiary alicyclic amines) is 1. The van der Waals surface area contributed by atoms with Gasteiger partial charge in [-0.2, -0.15) is 0 Å². The van der Waals surface area contributed by atoms with Gasteiger partial charge in [0, 0.05) is 25.4 Å². The van der Waals surface area contributed by atoms with Gasteiger partial charge in [0.25, 0.3) is 0 Å². The summed E-state index contributed by atoms with van der Waals surface area (Å²) in [6.45, 7) is 4.40. The van der Waals surface area contributed by atoms with E-state index in [0.717, 1.165) is 37.6 Å². The lowest BCUT2D eigenvalue weighted by Crippen LogP contribution is -2.23. The molecule has 1 saturated heterocycles. The zero-order chi connectivity index (χ0) is 12.4. The molecule has 3 rings (SSSR count). The quantitative estimate of drug-likeness (QED) is 0.777. The molecule has 2 aliphatic rings. The minimum absolute atomic E-state index is 0.708. The minimum Gasteiger partial charge on any atom is -0.493 e. The zero-order valence-electron chi connectivity index (χ0n) is 10.7. The van der Waals surface area contributed by atoms with Crippen LogP contribution in [-0.4, -0.2) is 37.0 Å². The summed E-state index contributed by atoms with van der Waals surface area (Å²) in [5, 5.41) is 0. The first-order chi connectivity index (χ1) is 8.85. The molecule has 0 aromatic heterocycles. The smallest absolute Gasteiger partial charge is 0.122 e. The van der Waals surface area contributed by atoms with Crippen LogP contribution in [0.1, 0.15) is 17.5 Å². The maximum atomic E-state index is 5.91. The minimum atomic E-state index is 0.708. The molecule has 0 amide bonds. The first kappa shape index (κ1) is 12.3. The average Bonchev–Trinajstić information content (AvgIpc) is 3.04. The van der Waals surface area contributed by atoms with Gasteiger partial charge in [-0.3, -0.25) is 0 Å². The number of rotatable bonds is 4. The summed E-state index contributed by atoms with van der Waals surface area (Å²) in [7, 11) is 0. The van der Waals surface area contributed by atoms with Crippen LogP contribution < -0.4 is 4.74 Å². The number of hydrogen-bond acceptors (Lipinski definition) is 2. The van der Waals surface area contributed by atoms with E-state index in [1.807, 2.05) is 0 Å². The highest BCUT2D eigenvalue weighted by atomic mass is 35.5. The van der Waals surface area contributed by atoms with Gasteiger partial charge in [-0.1, -0.05) is 12.1 Å². The molecule has 1 unspecified atom stereocenters. The van der Waals surface area contributed by atoms with Crippen molar-refractivity contribution >= 4 is 11.6 Å². The van der Waals surface area contributed by atoms with Crippen molar-refractivity contribution in [2.45, 2.75) is 19.3 Å². The van der Waals surface area contributed by atoms with Crippen LogP contribution in [0.2, 0.25) is 0 Å². The molecule has 1 aromatic carbocycles. The summed E-state index contributed by atoms with van der Waals surface area (Å²) in [6.07, 6.45) is 3.48. The number of fused-ring (bicyclic) bond motifs is 1. The van der Waals surface area contributed by atoms with E-state index < -0.39 is 0 Å². The van der Waals surface area contributed by atoms with Gasteiger partial charge in [0.1, 0.15) is 5.75 Å². The Bertz CT molecular complexity index is 421. The lowest BCUT2D eigenvalue weighted by molar-refractivity contribution is 0.332. The molecule has 2 aliphatic heterocycles. The highest BCUT2D eigenvalue weighted by Crippen LogP contribution is 2.26. The first-order valence-electron chi connectivity index (χ1n) is 6.88. The third-order valence-electron chi connectivity index (χ3n) is 4.06. The summed E-state index contributed by atoms with van der Waals surface area (Å²) in [6, 6.07) is 6.65. The van der Waals surface area contributed by atoms with Crippen molar-refractivity contribution < 1.29 is 4.74 Å². The molecule has 0 saturated carbocycles. The fourth-order valence-electron chi connectivity index (χ4n) is 2.92. The van der Waals surface area contributed by atoms with Gasteiger partial charge in [-0.25, -0.2) is 0 Å². The Balaban J connectivity index is 1.54. The number of ether oxygens (including phenoxy) is 1. The van der Waals surface area contributed by atoms with E-state index in [-0.39, 0.29) is 0 Å². The Kier molecular flexibility index (Phi) is 3.76. The van der Waals surface area contributed by atoms with Crippen molar-refractivity contribution in [3.05, 3.63) is 29.3 Å². The SMILES string of the molecule is ClCC1CCN(CCc2ccc3c(c2)CCO3)C1. The topological polar surface area (TPSA) is 12.5 Å². The number of benzene rings is 1. The normalized spacial score (nSPS) is 23.1. The lowest BCUT2D eigenvalue weighted by Gasteiger charge is -2.15. The molecule has 0 aliphatic carbocycles. The predicted molar refractivity (Wildman–Crippen MR) is 74.6 cm³/mol. The van der Waals surface area contributed by atoms with Gasteiger partial charge in [-0.15, -0.1) is 11.6 Å². The monoisotopic (exact) mass is 265 g/mol. The van der Waals surface area contributed by atoms with Crippen LogP contribution in [-0.2, 0) is 12.8 Å². The van der Waals surface area contributed by atoms with E-state index in [9.17, 15) is 0 Å². The molecule has 0 N–H and O–H groups in total. The fourth-order valence-corrected chi connectivity index (χ4v) is 3.18. The van der Waals surface area contributed by atoms with Crippen LogP contribution in [0.5, 0.6) is 5.75 Å². The second-order valence-corrected chi connectivity index (χ2v) is 5.71. The van der Waals surface area contributed by atoms with E-state index in [1.54, 1.807) is 0 Å². The average molecular weight is 266 g/mol. The highest BCUT2D eigenvalue weighted by molar-refractivity contribution is 6.18. The number of alkyl halides is 1.